The molecule has 0 fully saturated rings. The number of rotatable bonds is 4. The maximum atomic E-state index is 5.85. The molecule has 0 unspecified atom stereocenters. The first kappa shape index (κ1) is 13.6. The third kappa shape index (κ3) is 2.61. The van der Waals surface area contributed by atoms with Crippen LogP contribution in [0.5, 0.6) is 11.5 Å². The molecule has 0 saturated carbocycles. The smallest absolute Gasteiger partial charge is 0.161 e. The average Bonchev–Trinajstić information content (AvgIpc) is 2.89. The van der Waals surface area contributed by atoms with Gasteiger partial charge in [0.05, 0.1) is 14.2 Å². The maximum absolute atomic E-state index is 5.85. The van der Waals surface area contributed by atoms with Crippen molar-refractivity contribution in [3.63, 3.8) is 0 Å². The van der Waals surface area contributed by atoms with Gasteiger partial charge in [0.2, 0.25) is 0 Å². The van der Waals surface area contributed by atoms with Crippen molar-refractivity contribution in [2.45, 2.75) is 13.0 Å². The van der Waals surface area contributed by atoms with Crippen LogP contribution < -0.4 is 20.1 Å². The lowest BCUT2D eigenvalue weighted by Crippen LogP contribution is -2.19. The number of nitrogen functional groups attached to an aromatic ring is 1. The molecule has 2 aromatic rings. The Hall–Kier alpha value is -2.36. The molecule has 4 nitrogen and oxygen atoms in total. The Morgan fingerprint density at radius 1 is 1.05 bits per heavy atom. The number of fused-ring (bicyclic) bond motifs is 1. The van der Waals surface area contributed by atoms with Gasteiger partial charge < -0.3 is 20.1 Å². The minimum Gasteiger partial charge on any atom is -0.493 e. The zero-order valence-corrected chi connectivity index (χ0v) is 12.4. The highest BCUT2D eigenvalue weighted by molar-refractivity contribution is 5.63. The number of methoxy groups -OCH3 is 2. The van der Waals surface area contributed by atoms with Crippen molar-refractivity contribution in [2.24, 2.45) is 0 Å². The molecular weight excluding hydrogens is 264 g/mol. The van der Waals surface area contributed by atoms with Crippen molar-refractivity contribution in [3.8, 4) is 11.5 Å². The summed E-state index contributed by atoms with van der Waals surface area (Å²) in [6.07, 6.45) is 1.05. The van der Waals surface area contributed by atoms with Crippen molar-refractivity contribution in [1.29, 1.82) is 0 Å². The van der Waals surface area contributed by atoms with Gasteiger partial charge in [0, 0.05) is 24.5 Å². The highest BCUT2D eigenvalue weighted by atomic mass is 16.5. The molecule has 110 valence electrons. The molecule has 0 bridgehead atoms. The third-order valence-electron chi connectivity index (χ3n) is 3.92. The van der Waals surface area contributed by atoms with E-state index < -0.39 is 0 Å². The van der Waals surface area contributed by atoms with E-state index in [1.54, 1.807) is 14.2 Å². The summed E-state index contributed by atoms with van der Waals surface area (Å²) in [5.41, 5.74) is 10.5. The number of ether oxygens (including phenoxy) is 2. The van der Waals surface area contributed by atoms with Gasteiger partial charge >= 0.3 is 0 Å². The highest BCUT2D eigenvalue weighted by Gasteiger charge is 2.19. The Balaban J connectivity index is 1.83. The van der Waals surface area contributed by atoms with Crippen molar-refractivity contribution >= 4 is 11.4 Å². The number of nitrogens with zero attached hydrogens (tertiary/aromatic N) is 1. The van der Waals surface area contributed by atoms with E-state index in [-0.39, 0.29) is 0 Å². The molecule has 0 saturated heterocycles. The Morgan fingerprint density at radius 2 is 1.86 bits per heavy atom. The number of nitrogens with two attached hydrogens (primary N) is 1. The van der Waals surface area contributed by atoms with E-state index in [1.807, 2.05) is 18.2 Å². The molecule has 1 aliphatic heterocycles. The Kier molecular flexibility index (Phi) is 3.60. The molecule has 4 heteroatoms. The normalized spacial score (nSPS) is 13.1. The summed E-state index contributed by atoms with van der Waals surface area (Å²) in [5.74, 6) is 1.53. The molecule has 3 rings (SSSR count). The minimum atomic E-state index is 0.760. The fourth-order valence-electron chi connectivity index (χ4n) is 2.85. The first-order valence-electron chi connectivity index (χ1n) is 7.05. The molecule has 1 heterocycles. The number of benzene rings is 2. The lowest BCUT2D eigenvalue weighted by molar-refractivity contribution is 0.354. The molecule has 2 N–H and O–H groups in total. The second-order valence-corrected chi connectivity index (χ2v) is 5.25. The predicted molar refractivity (Wildman–Crippen MR) is 85.2 cm³/mol. The van der Waals surface area contributed by atoms with Crippen LogP contribution in [0.3, 0.4) is 0 Å². The zero-order valence-electron chi connectivity index (χ0n) is 12.4. The van der Waals surface area contributed by atoms with Crippen LogP contribution in [0, 0.1) is 0 Å². The van der Waals surface area contributed by atoms with E-state index >= 15 is 0 Å². The van der Waals surface area contributed by atoms with Gasteiger partial charge in [-0.3, -0.25) is 0 Å². The topological polar surface area (TPSA) is 47.7 Å². The SMILES string of the molecule is COc1ccc(CN2CCc3cc(N)ccc32)cc1OC. The first-order chi connectivity index (χ1) is 10.2. The van der Waals surface area contributed by atoms with Crippen LogP contribution in [0.15, 0.2) is 36.4 Å². The van der Waals surface area contributed by atoms with E-state index in [0.717, 1.165) is 36.7 Å². The van der Waals surface area contributed by atoms with Crippen molar-refractivity contribution in [1.82, 2.24) is 0 Å². The Morgan fingerprint density at radius 3 is 2.62 bits per heavy atom. The van der Waals surface area contributed by atoms with Gasteiger partial charge in [-0.2, -0.15) is 0 Å². The predicted octanol–water partition coefficient (Wildman–Crippen LogP) is 2.85. The van der Waals surface area contributed by atoms with E-state index in [4.69, 9.17) is 15.2 Å². The molecule has 0 amide bonds. The van der Waals surface area contributed by atoms with Crippen molar-refractivity contribution in [2.75, 3.05) is 31.4 Å². The van der Waals surface area contributed by atoms with E-state index in [0.29, 0.717) is 0 Å². The van der Waals surface area contributed by atoms with Gasteiger partial charge in [-0.15, -0.1) is 0 Å². The van der Waals surface area contributed by atoms with Crippen LogP contribution in [0.1, 0.15) is 11.1 Å². The molecule has 0 aromatic heterocycles. The van der Waals surface area contributed by atoms with Gasteiger partial charge in [-0.05, 0) is 47.9 Å². The first-order valence-corrected chi connectivity index (χ1v) is 7.05. The molecule has 0 atom stereocenters. The van der Waals surface area contributed by atoms with E-state index in [1.165, 1.54) is 16.8 Å². The second kappa shape index (κ2) is 5.56. The van der Waals surface area contributed by atoms with Gasteiger partial charge in [-0.25, -0.2) is 0 Å². The number of anilines is 2. The Bertz CT molecular complexity index is 655. The summed E-state index contributed by atoms with van der Waals surface area (Å²) in [7, 11) is 3.31. The van der Waals surface area contributed by atoms with E-state index in [9.17, 15) is 0 Å². The molecule has 2 aromatic carbocycles. The molecular formula is C17H20N2O2. The van der Waals surface area contributed by atoms with Crippen LogP contribution in [0.4, 0.5) is 11.4 Å². The van der Waals surface area contributed by atoms with Crippen LogP contribution >= 0.6 is 0 Å². The lowest BCUT2D eigenvalue weighted by atomic mass is 10.1. The van der Waals surface area contributed by atoms with Crippen LogP contribution in [0.2, 0.25) is 0 Å². The summed E-state index contributed by atoms with van der Waals surface area (Å²) in [4.78, 5) is 2.37. The second-order valence-electron chi connectivity index (χ2n) is 5.25. The van der Waals surface area contributed by atoms with Crippen molar-refractivity contribution < 1.29 is 9.47 Å². The third-order valence-corrected chi connectivity index (χ3v) is 3.92. The molecule has 0 radical (unpaired) electrons. The Labute approximate surface area is 125 Å². The summed E-state index contributed by atoms with van der Waals surface area (Å²) < 4.78 is 10.6. The largest absolute Gasteiger partial charge is 0.493 e. The molecule has 0 spiro atoms. The summed E-state index contributed by atoms with van der Waals surface area (Å²) in [5, 5.41) is 0. The fourth-order valence-corrected chi connectivity index (χ4v) is 2.85. The molecule has 21 heavy (non-hydrogen) atoms. The molecule has 1 aliphatic rings. The zero-order chi connectivity index (χ0) is 14.8. The van der Waals surface area contributed by atoms with Crippen molar-refractivity contribution in [3.05, 3.63) is 47.5 Å². The monoisotopic (exact) mass is 284 g/mol. The number of hydrogen-bond donors (Lipinski definition) is 1. The highest BCUT2D eigenvalue weighted by Crippen LogP contribution is 2.33. The minimum absolute atomic E-state index is 0.760. The van der Waals surface area contributed by atoms with Gasteiger partial charge in [-0.1, -0.05) is 6.07 Å². The van der Waals surface area contributed by atoms with Gasteiger partial charge in [0.15, 0.2) is 11.5 Å². The maximum Gasteiger partial charge on any atom is 0.161 e. The molecule has 0 aliphatic carbocycles. The van der Waals surface area contributed by atoms with Gasteiger partial charge in [0.25, 0.3) is 0 Å². The summed E-state index contributed by atoms with van der Waals surface area (Å²) in [6, 6.07) is 12.2. The van der Waals surface area contributed by atoms with Crippen LogP contribution in [-0.2, 0) is 13.0 Å². The average molecular weight is 284 g/mol. The van der Waals surface area contributed by atoms with E-state index in [2.05, 4.69) is 23.1 Å². The summed E-state index contributed by atoms with van der Waals surface area (Å²) >= 11 is 0. The van der Waals surface area contributed by atoms with Crippen LogP contribution in [0.25, 0.3) is 0 Å². The fraction of sp³-hybridized carbons (Fsp3) is 0.294. The van der Waals surface area contributed by atoms with Crippen LogP contribution in [-0.4, -0.2) is 20.8 Å². The van der Waals surface area contributed by atoms with Gasteiger partial charge in [0.1, 0.15) is 0 Å². The standard InChI is InChI=1S/C17H20N2O2/c1-20-16-6-3-12(9-17(16)21-2)11-19-8-7-13-10-14(18)4-5-15(13)19/h3-6,9-10H,7-8,11,18H2,1-2H3. The summed E-state index contributed by atoms with van der Waals surface area (Å²) in [6.45, 7) is 1.88. The number of hydrogen-bond acceptors (Lipinski definition) is 4. The lowest BCUT2D eigenvalue weighted by Gasteiger charge is -2.20. The quantitative estimate of drug-likeness (QED) is 0.877.